The number of hydrogen-bond acceptors (Lipinski definition) is 3. The number of ether oxygens (including phenoxy) is 1. The van der Waals surface area contributed by atoms with Gasteiger partial charge in [0, 0.05) is 6.54 Å². The zero-order chi connectivity index (χ0) is 23.4. The minimum Gasteiger partial charge on any atom is -0.492 e. The molecule has 0 aromatic heterocycles. The number of allylic oxidation sites excluding steroid dienone is 2. The van der Waals surface area contributed by atoms with Gasteiger partial charge in [-0.05, 0) is 124 Å². The minimum absolute atomic E-state index is 0.131. The molecule has 1 aliphatic heterocycles. The molecule has 1 aromatic rings. The van der Waals surface area contributed by atoms with Crippen molar-refractivity contribution in [1.82, 2.24) is 4.90 Å². The fourth-order valence-corrected chi connectivity index (χ4v) is 9.42. The van der Waals surface area contributed by atoms with Crippen LogP contribution in [0.4, 0.5) is 0 Å². The lowest BCUT2D eigenvalue weighted by Gasteiger charge is -2.62. The number of hydrogen-bond donors (Lipinski definition) is 1. The van der Waals surface area contributed by atoms with Crippen molar-refractivity contribution in [3.63, 3.8) is 0 Å². The van der Waals surface area contributed by atoms with Gasteiger partial charge in [0.1, 0.15) is 12.4 Å². The van der Waals surface area contributed by atoms with E-state index >= 15 is 0 Å². The maximum absolute atomic E-state index is 12.2. The molecule has 6 atom stereocenters. The Balaban J connectivity index is 1.30. The van der Waals surface area contributed by atoms with Crippen LogP contribution >= 0.6 is 0 Å². The van der Waals surface area contributed by atoms with Crippen molar-refractivity contribution in [2.75, 3.05) is 26.2 Å². The van der Waals surface area contributed by atoms with E-state index in [2.05, 4.69) is 49.1 Å². The number of benzene rings is 1. The van der Waals surface area contributed by atoms with Gasteiger partial charge in [-0.15, -0.1) is 0 Å². The van der Waals surface area contributed by atoms with E-state index in [0.29, 0.717) is 17.8 Å². The minimum atomic E-state index is -0.460. The second-order valence-corrected chi connectivity index (χ2v) is 12.7. The van der Waals surface area contributed by atoms with Gasteiger partial charge in [-0.3, -0.25) is 4.90 Å². The highest BCUT2D eigenvalue weighted by molar-refractivity contribution is 5.42. The van der Waals surface area contributed by atoms with Crippen LogP contribution in [-0.2, 0) is 0 Å². The highest BCUT2D eigenvalue weighted by Gasteiger charge is 2.64. The molecule has 4 fully saturated rings. The Morgan fingerprint density at radius 2 is 1.79 bits per heavy atom. The van der Waals surface area contributed by atoms with E-state index in [0.717, 1.165) is 25.3 Å². The Labute approximate surface area is 207 Å². The molecule has 4 aliphatic carbocycles. The standard InChI is InChI=1S/C31H45NO2/c1-29-16-8-17-31(29,33)27-14-13-23-9-7-11-25(30(23,2)26(27)15-18-29)24-10-3-4-12-28(24)34-22-21-32-19-5-6-20-32/h3-4,9-10,12,25-27,33H,5-8,11,13-22H2,1-2H3/t25?,26-,27+,29-,30+,31-/m0/s1. The second-order valence-electron chi connectivity index (χ2n) is 12.7. The van der Waals surface area contributed by atoms with Crippen molar-refractivity contribution in [2.24, 2.45) is 22.7 Å². The van der Waals surface area contributed by atoms with Gasteiger partial charge < -0.3 is 9.84 Å². The molecule has 5 aliphatic rings. The lowest BCUT2D eigenvalue weighted by Crippen LogP contribution is -2.60. The molecule has 0 radical (unpaired) electrons. The summed E-state index contributed by atoms with van der Waals surface area (Å²) < 4.78 is 6.51. The van der Waals surface area contributed by atoms with Crippen LogP contribution in [-0.4, -0.2) is 41.8 Å². The molecule has 186 valence electrons. The molecule has 1 N–H and O–H groups in total. The van der Waals surface area contributed by atoms with Crippen molar-refractivity contribution in [1.29, 1.82) is 0 Å². The van der Waals surface area contributed by atoms with Crippen LogP contribution in [0.15, 0.2) is 35.9 Å². The van der Waals surface area contributed by atoms with Crippen molar-refractivity contribution < 1.29 is 9.84 Å². The number of para-hydroxylation sites is 1. The van der Waals surface area contributed by atoms with E-state index in [1.165, 1.54) is 82.9 Å². The summed E-state index contributed by atoms with van der Waals surface area (Å²) in [5.41, 5.74) is 2.91. The van der Waals surface area contributed by atoms with Crippen molar-refractivity contribution in [2.45, 2.75) is 96.0 Å². The monoisotopic (exact) mass is 463 g/mol. The highest BCUT2D eigenvalue weighted by atomic mass is 16.5. The molecule has 1 heterocycles. The fourth-order valence-electron chi connectivity index (χ4n) is 9.42. The van der Waals surface area contributed by atoms with Crippen LogP contribution in [0.2, 0.25) is 0 Å². The molecule has 3 nitrogen and oxygen atoms in total. The third-order valence-corrected chi connectivity index (χ3v) is 11.4. The predicted octanol–water partition coefficient (Wildman–Crippen LogP) is 6.71. The van der Waals surface area contributed by atoms with E-state index in [4.69, 9.17) is 4.74 Å². The van der Waals surface area contributed by atoms with Crippen LogP contribution in [0, 0.1) is 22.7 Å². The molecule has 0 bridgehead atoms. The fraction of sp³-hybridized carbons (Fsp3) is 0.742. The molecule has 3 heteroatoms. The van der Waals surface area contributed by atoms with E-state index in [9.17, 15) is 5.11 Å². The summed E-state index contributed by atoms with van der Waals surface area (Å²) in [4.78, 5) is 2.54. The SMILES string of the molecule is C[C@@]12CCC[C@]1(O)[C@@H]1CCC3=CCCC(c4ccccc4OCCN4CCCC4)[C@]3(C)[C@H]1CC2. The zero-order valence-electron chi connectivity index (χ0n) is 21.5. The van der Waals surface area contributed by atoms with Gasteiger partial charge >= 0.3 is 0 Å². The van der Waals surface area contributed by atoms with Gasteiger partial charge in [-0.25, -0.2) is 0 Å². The Hall–Kier alpha value is -1.32. The summed E-state index contributed by atoms with van der Waals surface area (Å²) >= 11 is 0. The molecule has 3 saturated carbocycles. The zero-order valence-corrected chi connectivity index (χ0v) is 21.5. The van der Waals surface area contributed by atoms with Gasteiger partial charge in [0.2, 0.25) is 0 Å². The Morgan fingerprint density at radius 3 is 2.65 bits per heavy atom. The highest BCUT2D eigenvalue weighted by Crippen LogP contribution is 2.69. The summed E-state index contributed by atoms with van der Waals surface area (Å²) in [5, 5.41) is 12.2. The molecule has 0 amide bonds. The lowest BCUT2D eigenvalue weighted by atomic mass is 9.43. The summed E-state index contributed by atoms with van der Waals surface area (Å²) in [6.45, 7) is 9.24. The second kappa shape index (κ2) is 8.66. The predicted molar refractivity (Wildman–Crippen MR) is 138 cm³/mol. The Bertz CT molecular complexity index is 935. The third kappa shape index (κ3) is 3.44. The van der Waals surface area contributed by atoms with Crippen LogP contribution in [0.1, 0.15) is 96.0 Å². The number of aliphatic hydroxyl groups is 1. The topological polar surface area (TPSA) is 32.7 Å². The average molecular weight is 464 g/mol. The molecule has 1 saturated heterocycles. The lowest BCUT2D eigenvalue weighted by molar-refractivity contribution is -0.175. The van der Waals surface area contributed by atoms with Crippen molar-refractivity contribution in [3.05, 3.63) is 41.5 Å². The maximum atomic E-state index is 12.2. The van der Waals surface area contributed by atoms with E-state index < -0.39 is 5.60 Å². The van der Waals surface area contributed by atoms with E-state index in [1.807, 2.05) is 0 Å². The third-order valence-electron chi connectivity index (χ3n) is 11.4. The van der Waals surface area contributed by atoms with Gasteiger partial charge in [0.15, 0.2) is 0 Å². The number of rotatable bonds is 5. The Kier molecular flexibility index (Phi) is 5.88. The first-order valence-electron chi connectivity index (χ1n) is 14.3. The van der Waals surface area contributed by atoms with E-state index in [1.54, 1.807) is 5.57 Å². The molecule has 0 spiro atoms. The molecule has 34 heavy (non-hydrogen) atoms. The Morgan fingerprint density at radius 1 is 0.971 bits per heavy atom. The summed E-state index contributed by atoms with van der Waals surface area (Å²) in [7, 11) is 0. The molecular weight excluding hydrogens is 418 g/mol. The van der Waals surface area contributed by atoms with Gasteiger partial charge in [-0.2, -0.15) is 0 Å². The quantitative estimate of drug-likeness (QED) is 0.492. The first-order chi connectivity index (χ1) is 16.5. The average Bonchev–Trinajstić information content (AvgIpc) is 3.46. The van der Waals surface area contributed by atoms with Crippen molar-refractivity contribution in [3.8, 4) is 5.75 Å². The smallest absolute Gasteiger partial charge is 0.122 e. The summed E-state index contributed by atoms with van der Waals surface area (Å²) in [6, 6.07) is 8.93. The van der Waals surface area contributed by atoms with Crippen LogP contribution in [0.5, 0.6) is 5.75 Å². The maximum Gasteiger partial charge on any atom is 0.122 e. The van der Waals surface area contributed by atoms with E-state index in [-0.39, 0.29) is 10.8 Å². The largest absolute Gasteiger partial charge is 0.492 e. The van der Waals surface area contributed by atoms with Crippen LogP contribution in [0.25, 0.3) is 0 Å². The number of likely N-dealkylation sites (tertiary alicyclic amines) is 1. The molecule has 1 unspecified atom stereocenters. The molecule has 6 rings (SSSR count). The normalized spacial score (nSPS) is 42.0. The first kappa shape index (κ1) is 23.1. The summed E-state index contributed by atoms with van der Waals surface area (Å²) in [5.74, 6) is 2.61. The van der Waals surface area contributed by atoms with Gasteiger partial charge in [0.05, 0.1) is 5.60 Å². The molecule has 1 aromatic carbocycles. The number of fused-ring (bicyclic) bond motifs is 5. The van der Waals surface area contributed by atoms with Crippen molar-refractivity contribution >= 4 is 0 Å². The van der Waals surface area contributed by atoms with Crippen LogP contribution < -0.4 is 4.74 Å². The van der Waals surface area contributed by atoms with Gasteiger partial charge in [0.25, 0.3) is 0 Å². The van der Waals surface area contributed by atoms with Crippen LogP contribution in [0.3, 0.4) is 0 Å². The first-order valence-corrected chi connectivity index (χ1v) is 14.3. The van der Waals surface area contributed by atoms with Gasteiger partial charge in [-0.1, -0.05) is 43.7 Å². The summed E-state index contributed by atoms with van der Waals surface area (Å²) in [6.07, 6.45) is 15.9. The molecular formula is C31H45NO2. The number of nitrogens with zero attached hydrogens (tertiary/aromatic N) is 1.